The molecule has 0 unspecified atom stereocenters. The smallest absolute Gasteiger partial charge is 0.255 e. The number of amides is 2. The fraction of sp³-hybridized carbons (Fsp3) is 0.267. The second kappa shape index (κ2) is 12.1. The summed E-state index contributed by atoms with van der Waals surface area (Å²) < 4.78 is 0. The van der Waals surface area contributed by atoms with Gasteiger partial charge in [0.25, 0.3) is 11.8 Å². The van der Waals surface area contributed by atoms with Gasteiger partial charge in [-0.05, 0) is 62.1 Å². The average molecular weight is 578 g/mol. The molecule has 1 aromatic heterocycles. The van der Waals surface area contributed by atoms with Gasteiger partial charge in [0, 0.05) is 42.2 Å². The molecule has 1 aliphatic rings. The summed E-state index contributed by atoms with van der Waals surface area (Å²) in [5.74, 6) is 0.767. The molecule has 3 aromatic carbocycles. The molecule has 40 heavy (non-hydrogen) atoms. The zero-order valence-corrected chi connectivity index (χ0v) is 23.8. The average Bonchev–Trinajstić information content (AvgIpc) is 2.95. The number of halogens is 2. The molecule has 0 radical (unpaired) electrons. The zero-order valence-electron chi connectivity index (χ0n) is 22.2. The lowest BCUT2D eigenvalue weighted by atomic mass is 9.91. The van der Waals surface area contributed by atoms with Crippen molar-refractivity contribution in [2.75, 3.05) is 29.6 Å². The minimum absolute atomic E-state index is 0.0316. The first-order valence-electron chi connectivity index (χ1n) is 13.2. The van der Waals surface area contributed by atoms with Crippen LogP contribution in [0, 0.1) is 0 Å². The van der Waals surface area contributed by atoms with Crippen molar-refractivity contribution in [2.24, 2.45) is 0 Å². The maximum Gasteiger partial charge on any atom is 0.255 e. The number of hydrogen-bond donors (Lipinski definition) is 3. The normalized spacial score (nSPS) is 16.8. The maximum absolute atomic E-state index is 13.3. The van der Waals surface area contributed by atoms with Crippen molar-refractivity contribution in [3.8, 4) is 0 Å². The number of hydrogen-bond acceptors (Lipinski definition) is 6. The highest BCUT2D eigenvalue weighted by Crippen LogP contribution is 2.32. The molecule has 2 amide bonds. The number of nitrogens with one attached hydrogen (secondary N) is 3. The molecule has 3 N–H and O–H groups in total. The summed E-state index contributed by atoms with van der Waals surface area (Å²) in [4.78, 5) is 37.6. The Morgan fingerprint density at radius 2 is 1.52 bits per heavy atom. The van der Waals surface area contributed by atoms with Crippen LogP contribution in [0.25, 0.3) is 10.9 Å². The first-order chi connectivity index (χ1) is 19.3. The van der Waals surface area contributed by atoms with Gasteiger partial charge in [0.15, 0.2) is 0 Å². The lowest BCUT2D eigenvalue weighted by molar-refractivity contribution is 0.0927. The van der Waals surface area contributed by atoms with Crippen molar-refractivity contribution < 1.29 is 9.59 Å². The fourth-order valence-electron chi connectivity index (χ4n) is 4.95. The molecule has 206 valence electrons. The summed E-state index contributed by atoms with van der Waals surface area (Å²) in [5, 5.41) is 10.9. The molecule has 0 aliphatic heterocycles. The largest absolute Gasteiger partial charge is 0.362 e. The van der Waals surface area contributed by atoms with E-state index in [9.17, 15) is 9.59 Å². The van der Waals surface area contributed by atoms with Crippen LogP contribution in [-0.2, 0) is 0 Å². The van der Waals surface area contributed by atoms with E-state index >= 15 is 0 Å². The Labute approximate surface area is 243 Å². The van der Waals surface area contributed by atoms with Crippen LogP contribution in [0.2, 0.25) is 10.0 Å². The third-order valence-electron chi connectivity index (χ3n) is 6.98. The number of fused-ring (bicyclic) bond motifs is 1. The van der Waals surface area contributed by atoms with Gasteiger partial charge in [-0.15, -0.1) is 0 Å². The number of aromatic nitrogens is 2. The predicted molar refractivity (Wildman–Crippen MR) is 162 cm³/mol. The Balaban J connectivity index is 1.24. The minimum Gasteiger partial charge on any atom is -0.362 e. The first kappa shape index (κ1) is 27.7. The van der Waals surface area contributed by atoms with Crippen LogP contribution in [0.3, 0.4) is 0 Å². The Morgan fingerprint density at radius 1 is 0.850 bits per heavy atom. The van der Waals surface area contributed by atoms with Crippen molar-refractivity contribution in [1.29, 1.82) is 0 Å². The number of benzene rings is 3. The van der Waals surface area contributed by atoms with Gasteiger partial charge in [0.1, 0.15) is 5.82 Å². The van der Waals surface area contributed by atoms with Gasteiger partial charge < -0.3 is 20.9 Å². The summed E-state index contributed by atoms with van der Waals surface area (Å²) in [6.45, 7) is 0. The Hall–Kier alpha value is -3.88. The summed E-state index contributed by atoms with van der Waals surface area (Å²) in [5.41, 5.74) is 1.81. The Morgan fingerprint density at radius 3 is 2.25 bits per heavy atom. The molecule has 0 atom stereocenters. The van der Waals surface area contributed by atoms with E-state index < -0.39 is 0 Å². The molecule has 0 saturated heterocycles. The van der Waals surface area contributed by atoms with E-state index in [1.54, 1.807) is 24.3 Å². The third-order valence-corrected chi connectivity index (χ3v) is 7.49. The molecule has 0 bridgehead atoms. The van der Waals surface area contributed by atoms with E-state index in [1.807, 2.05) is 49.3 Å². The molecular formula is C30H30Cl2N6O2. The predicted octanol–water partition coefficient (Wildman–Crippen LogP) is 6.41. The number of carbonyl (C=O) groups is 2. The van der Waals surface area contributed by atoms with Crippen LogP contribution < -0.4 is 20.9 Å². The van der Waals surface area contributed by atoms with Gasteiger partial charge in [0.2, 0.25) is 5.95 Å². The van der Waals surface area contributed by atoms with Crippen LogP contribution in [0.1, 0.15) is 46.4 Å². The molecule has 8 nitrogen and oxygen atoms in total. The van der Waals surface area contributed by atoms with Gasteiger partial charge in [-0.1, -0.05) is 53.5 Å². The lowest BCUT2D eigenvalue weighted by Crippen LogP contribution is -2.40. The van der Waals surface area contributed by atoms with Crippen LogP contribution in [0.15, 0.2) is 66.7 Å². The molecule has 10 heteroatoms. The van der Waals surface area contributed by atoms with Crippen molar-refractivity contribution in [1.82, 2.24) is 15.3 Å². The molecule has 1 saturated carbocycles. The van der Waals surface area contributed by atoms with E-state index in [4.69, 9.17) is 33.2 Å². The second-order valence-electron chi connectivity index (χ2n) is 10.1. The number of anilines is 3. The lowest BCUT2D eigenvalue weighted by Gasteiger charge is -2.30. The number of rotatable bonds is 7. The quantitative estimate of drug-likeness (QED) is 0.235. The summed E-state index contributed by atoms with van der Waals surface area (Å²) in [6.07, 6.45) is 3.23. The first-order valence-corrected chi connectivity index (χ1v) is 13.9. The number of nitrogens with zero attached hydrogens (tertiary/aromatic N) is 3. The molecule has 5 rings (SSSR count). The fourth-order valence-corrected chi connectivity index (χ4v) is 5.49. The zero-order chi connectivity index (χ0) is 28.2. The standard InChI is InChI=1S/C30H30Cl2N6O2/c1-38(2)27-22-10-6-7-11-25(22)35-30(37-27)34-21-14-12-20(13-15-21)33-29(40)23-16-19(31)17-24(32)26(23)36-28(39)18-8-4-3-5-9-18/h3-11,16-17,20-21H,12-15H2,1-2H3,(H,33,40)(H,36,39)(H,34,35,37)/t20-,21+. The maximum atomic E-state index is 13.3. The highest BCUT2D eigenvalue weighted by Gasteiger charge is 2.26. The van der Waals surface area contributed by atoms with Crippen LogP contribution >= 0.6 is 23.2 Å². The van der Waals surface area contributed by atoms with E-state index in [2.05, 4.69) is 16.0 Å². The van der Waals surface area contributed by atoms with Gasteiger partial charge >= 0.3 is 0 Å². The highest BCUT2D eigenvalue weighted by molar-refractivity contribution is 6.38. The molecule has 1 heterocycles. The molecule has 1 fully saturated rings. The van der Waals surface area contributed by atoms with E-state index in [1.165, 1.54) is 12.1 Å². The summed E-state index contributed by atoms with van der Waals surface area (Å²) in [7, 11) is 3.94. The molecule has 4 aromatic rings. The number of carbonyl (C=O) groups excluding carboxylic acids is 2. The monoisotopic (exact) mass is 576 g/mol. The van der Waals surface area contributed by atoms with Crippen molar-refractivity contribution in [2.45, 2.75) is 37.8 Å². The van der Waals surface area contributed by atoms with Crippen molar-refractivity contribution in [3.05, 3.63) is 87.9 Å². The van der Waals surface area contributed by atoms with Crippen LogP contribution in [0.5, 0.6) is 0 Å². The summed E-state index contributed by atoms with van der Waals surface area (Å²) >= 11 is 12.6. The van der Waals surface area contributed by atoms with E-state index in [-0.39, 0.29) is 40.2 Å². The Bertz CT molecular complexity index is 1540. The second-order valence-corrected chi connectivity index (χ2v) is 10.9. The third kappa shape index (κ3) is 6.29. The van der Waals surface area contributed by atoms with E-state index in [0.29, 0.717) is 16.5 Å². The minimum atomic E-state index is -0.362. The van der Waals surface area contributed by atoms with Gasteiger partial charge in [-0.25, -0.2) is 4.98 Å². The number of para-hydroxylation sites is 1. The van der Waals surface area contributed by atoms with Gasteiger partial charge in [-0.3, -0.25) is 9.59 Å². The summed E-state index contributed by atoms with van der Waals surface area (Å²) in [6, 6.07) is 19.9. The van der Waals surface area contributed by atoms with Crippen LogP contribution in [0.4, 0.5) is 17.5 Å². The molecular weight excluding hydrogens is 547 g/mol. The van der Waals surface area contributed by atoms with Crippen molar-refractivity contribution >= 4 is 63.4 Å². The molecule has 0 spiro atoms. The topological polar surface area (TPSA) is 99.3 Å². The van der Waals surface area contributed by atoms with E-state index in [0.717, 1.165) is 42.4 Å². The van der Waals surface area contributed by atoms with Crippen molar-refractivity contribution in [3.63, 3.8) is 0 Å². The van der Waals surface area contributed by atoms with Gasteiger partial charge in [0.05, 0.1) is 21.8 Å². The highest BCUT2D eigenvalue weighted by atomic mass is 35.5. The molecule has 1 aliphatic carbocycles. The van der Waals surface area contributed by atoms with Crippen LogP contribution in [-0.4, -0.2) is 48.0 Å². The van der Waals surface area contributed by atoms with Gasteiger partial charge in [-0.2, -0.15) is 4.98 Å². The SMILES string of the molecule is CN(C)c1nc(N[C@H]2CC[C@@H](NC(=O)c3cc(Cl)cc(Cl)c3NC(=O)c3ccccc3)CC2)nc2ccccc12. The Kier molecular flexibility index (Phi) is 8.38.